The molecule has 1 aromatic rings. The van der Waals surface area contributed by atoms with Gasteiger partial charge in [0.1, 0.15) is 0 Å². The molecule has 20 heavy (non-hydrogen) atoms. The van der Waals surface area contributed by atoms with Gasteiger partial charge in [0, 0.05) is 5.54 Å². The van der Waals surface area contributed by atoms with Gasteiger partial charge in [-0.25, -0.2) is 0 Å². The van der Waals surface area contributed by atoms with Crippen molar-refractivity contribution in [2.24, 2.45) is 11.1 Å². The topological polar surface area (TPSA) is 55.5 Å². The van der Waals surface area contributed by atoms with Crippen molar-refractivity contribution in [2.75, 3.05) is 0 Å². The number of phenols is 1. The molecule has 2 aliphatic carbocycles. The van der Waals surface area contributed by atoms with Crippen LogP contribution in [0.4, 0.5) is 0 Å². The molecule has 1 atom stereocenters. The highest BCUT2D eigenvalue weighted by atomic mass is 16.5. The summed E-state index contributed by atoms with van der Waals surface area (Å²) in [5.74, 6) is 0.823. The monoisotopic (exact) mass is 275 g/mol. The van der Waals surface area contributed by atoms with E-state index in [1.165, 1.54) is 12.8 Å². The normalized spacial score (nSPS) is 27.1. The van der Waals surface area contributed by atoms with Gasteiger partial charge in [-0.1, -0.05) is 19.9 Å². The Kier molecular flexibility index (Phi) is 3.20. The van der Waals surface area contributed by atoms with Crippen molar-refractivity contribution in [1.29, 1.82) is 0 Å². The van der Waals surface area contributed by atoms with Gasteiger partial charge >= 0.3 is 0 Å². The lowest BCUT2D eigenvalue weighted by Crippen LogP contribution is -2.43. The van der Waals surface area contributed by atoms with Gasteiger partial charge in [0.15, 0.2) is 11.5 Å². The van der Waals surface area contributed by atoms with Gasteiger partial charge in [0.25, 0.3) is 0 Å². The molecule has 3 heteroatoms. The summed E-state index contributed by atoms with van der Waals surface area (Å²) in [4.78, 5) is 0. The fraction of sp³-hybridized carbons (Fsp3) is 0.647. The molecule has 0 aromatic heterocycles. The molecule has 0 saturated heterocycles. The van der Waals surface area contributed by atoms with Crippen molar-refractivity contribution in [3.63, 3.8) is 0 Å². The maximum atomic E-state index is 10.0. The van der Waals surface area contributed by atoms with Gasteiger partial charge < -0.3 is 15.6 Å². The van der Waals surface area contributed by atoms with Crippen LogP contribution in [0.25, 0.3) is 0 Å². The lowest BCUT2D eigenvalue weighted by atomic mass is 9.73. The Balaban J connectivity index is 1.77. The van der Waals surface area contributed by atoms with Crippen LogP contribution in [0.15, 0.2) is 18.2 Å². The van der Waals surface area contributed by atoms with Gasteiger partial charge in [-0.15, -0.1) is 0 Å². The molecule has 0 radical (unpaired) electrons. The van der Waals surface area contributed by atoms with E-state index in [2.05, 4.69) is 13.8 Å². The summed E-state index contributed by atoms with van der Waals surface area (Å²) in [7, 11) is 0. The standard InChI is InChI=1S/C17H25NO2/c1-16(2)9-6-13(11-16)20-15-10-12(4-5-14(15)19)17(18)7-3-8-17/h4-5,10,13,19H,3,6-9,11,18H2,1-2H3. The average Bonchev–Trinajstić information content (AvgIpc) is 2.68. The first-order valence-electron chi connectivity index (χ1n) is 7.67. The first-order chi connectivity index (χ1) is 9.38. The van der Waals surface area contributed by atoms with Gasteiger partial charge in [-0.2, -0.15) is 0 Å². The van der Waals surface area contributed by atoms with Gasteiger partial charge in [-0.05, 0) is 61.6 Å². The lowest BCUT2D eigenvalue weighted by Gasteiger charge is -2.38. The highest BCUT2D eigenvalue weighted by Gasteiger charge is 2.36. The van der Waals surface area contributed by atoms with Gasteiger partial charge in [-0.3, -0.25) is 0 Å². The molecule has 2 aliphatic rings. The maximum Gasteiger partial charge on any atom is 0.161 e. The number of nitrogens with two attached hydrogens (primary N) is 1. The zero-order valence-corrected chi connectivity index (χ0v) is 12.5. The molecular weight excluding hydrogens is 250 g/mol. The SMILES string of the molecule is CC1(C)CCC(Oc2cc(C3(N)CCC3)ccc2O)C1. The Labute approximate surface area is 121 Å². The average molecular weight is 275 g/mol. The molecule has 0 aliphatic heterocycles. The van der Waals surface area contributed by atoms with Crippen molar-refractivity contribution in [3.05, 3.63) is 23.8 Å². The smallest absolute Gasteiger partial charge is 0.161 e. The third-order valence-corrected chi connectivity index (χ3v) is 5.00. The van der Waals surface area contributed by atoms with Gasteiger partial charge in [0.2, 0.25) is 0 Å². The molecular formula is C17H25NO2. The summed E-state index contributed by atoms with van der Waals surface area (Å²) in [6, 6.07) is 5.59. The molecule has 1 aromatic carbocycles. The Morgan fingerprint density at radius 2 is 2.00 bits per heavy atom. The fourth-order valence-corrected chi connectivity index (χ4v) is 3.42. The molecule has 0 heterocycles. The molecule has 3 N–H and O–H groups in total. The van der Waals surface area contributed by atoms with Crippen LogP contribution in [0.3, 0.4) is 0 Å². The Morgan fingerprint density at radius 3 is 2.55 bits per heavy atom. The highest BCUT2D eigenvalue weighted by molar-refractivity contribution is 5.44. The Hall–Kier alpha value is -1.22. The summed E-state index contributed by atoms with van der Waals surface area (Å²) in [6.07, 6.45) is 6.72. The number of hydrogen-bond donors (Lipinski definition) is 2. The fourth-order valence-electron chi connectivity index (χ4n) is 3.42. The van der Waals surface area contributed by atoms with E-state index in [1.807, 2.05) is 12.1 Å². The largest absolute Gasteiger partial charge is 0.504 e. The van der Waals surface area contributed by atoms with Crippen molar-refractivity contribution < 1.29 is 9.84 Å². The Bertz CT molecular complexity index is 506. The third kappa shape index (κ3) is 2.51. The second-order valence-electron chi connectivity index (χ2n) is 7.34. The van der Waals surface area contributed by atoms with Crippen LogP contribution < -0.4 is 10.5 Å². The van der Waals surface area contributed by atoms with Crippen LogP contribution >= 0.6 is 0 Å². The van der Waals surface area contributed by atoms with Crippen LogP contribution in [0.2, 0.25) is 0 Å². The molecule has 0 amide bonds. The first kappa shape index (κ1) is 13.7. The van der Waals surface area contributed by atoms with Crippen molar-refractivity contribution in [3.8, 4) is 11.5 Å². The van der Waals surface area contributed by atoms with E-state index >= 15 is 0 Å². The molecule has 2 saturated carbocycles. The molecule has 0 spiro atoms. The zero-order chi connectivity index (χ0) is 14.4. The van der Waals surface area contributed by atoms with Crippen LogP contribution in [0.5, 0.6) is 11.5 Å². The van der Waals surface area contributed by atoms with Crippen molar-refractivity contribution >= 4 is 0 Å². The minimum atomic E-state index is -0.208. The predicted octanol–water partition coefficient (Wildman–Crippen LogP) is 3.69. The number of benzene rings is 1. The van der Waals surface area contributed by atoms with E-state index in [4.69, 9.17) is 10.5 Å². The lowest BCUT2D eigenvalue weighted by molar-refractivity contribution is 0.184. The summed E-state index contributed by atoms with van der Waals surface area (Å²) >= 11 is 0. The van der Waals surface area contributed by atoms with Crippen LogP contribution in [0, 0.1) is 5.41 Å². The summed E-state index contributed by atoms with van der Waals surface area (Å²) in [5.41, 5.74) is 7.59. The number of hydrogen-bond acceptors (Lipinski definition) is 3. The third-order valence-electron chi connectivity index (χ3n) is 5.00. The maximum absolute atomic E-state index is 10.0. The van der Waals surface area contributed by atoms with E-state index in [9.17, 15) is 5.11 Å². The summed E-state index contributed by atoms with van der Waals surface area (Å²) in [5, 5.41) is 10.0. The van der Waals surface area contributed by atoms with Gasteiger partial charge in [0.05, 0.1) is 6.10 Å². The van der Waals surface area contributed by atoms with Crippen LogP contribution in [-0.2, 0) is 5.54 Å². The van der Waals surface area contributed by atoms with Crippen LogP contribution in [-0.4, -0.2) is 11.2 Å². The second-order valence-corrected chi connectivity index (χ2v) is 7.34. The van der Waals surface area contributed by atoms with Crippen LogP contribution in [0.1, 0.15) is 57.9 Å². The Morgan fingerprint density at radius 1 is 1.25 bits per heavy atom. The number of aromatic hydroxyl groups is 1. The molecule has 1 unspecified atom stereocenters. The summed E-state index contributed by atoms with van der Waals surface area (Å²) < 4.78 is 6.04. The van der Waals surface area contributed by atoms with E-state index in [0.717, 1.165) is 31.2 Å². The molecule has 110 valence electrons. The molecule has 2 fully saturated rings. The minimum absolute atomic E-state index is 0.208. The molecule has 0 bridgehead atoms. The number of rotatable bonds is 3. The van der Waals surface area contributed by atoms with E-state index < -0.39 is 0 Å². The summed E-state index contributed by atoms with van der Waals surface area (Å²) in [6.45, 7) is 4.55. The first-order valence-corrected chi connectivity index (χ1v) is 7.67. The predicted molar refractivity (Wildman–Crippen MR) is 79.9 cm³/mol. The van der Waals surface area contributed by atoms with Crippen molar-refractivity contribution in [1.82, 2.24) is 0 Å². The molecule has 3 nitrogen and oxygen atoms in total. The van der Waals surface area contributed by atoms with Crippen molar-refractivity contribution in [2.45, 2.75) is 64.0 Å². The number of phenolic OH excluding ortho intramolecular Hbond substituents is 1. The molecule has 3 rings (SSSR count). The number of ether oxygens (including phenoxy) is 1. The quantitative estimate of drug-likeness (QED) is 0.884. The minimum Gasteiger partial charge on any atom is -0.504 e. The van der Waals surface area contributed by atoms with E-state index in [-0.39, 0.29) is 17.4 Å². The second kappa shape index (κ2) is 4.66. The zero-order valence-electron chi connectivity index (χ0n) is 12.5. The highest BCUT2D eigenvalue weighted by Crippen LogP contribution is 2.43. The van der Waals surface area contributed by atoms with E-state index in [1.54, 1.807) is 6.07 Å². The van der Waals surface area contributed by atoms with E-state index in [0.29, 0.717) is 11.2 Å².